The Balaban J connectivity index is 1.47. The molecule has 154 valence electrons. The number of hydrogen-bond acceptors (Lipinski definition) is 6. The Morgan fingerprint density at radius 1 is 0.968 bits per heavy atom. The van der Waals surface area contributed by atoms with Crippen LogP contribution in [-0.2, 0) is 23.3 Å². The van der Waals surface area contributed by atoms with E-state index < -0.39 is 11.6 Å². The van der Waals surface area contributed by atoms with Gasteiger partial charge in [0.05, 0.1) is 4.88 Å². The predicted octanol–water partition coefficient (Wildman–Crippen LogP) is 3.99. The first kappa shape index (κ1) is 19.2. The molecule has 1 fully saturated rings. The van der Waals surface area contributed by atoms with Gasteiger partial charge in [-0.1, -0.05) is 71.9 Å². The van der Waals surface area contributed by atoms with Crippen molar-refractivity contribution in [1.82, 2.24) is 20.4 Å². The van der Waals surface area contributed by atoms with Gasteiger partial charge in [0.25, 0.3) is 5.91 Å². The number of rotatable bonds is 6. The molecule has 8 heteroatoms. The van der Waals surface area contributed by atoms with Gasteiger partial charge in [0.1, 0.15) is 6.54 Å². The summed E-state index contributed by atoms with van der Waals surface area (Å²) in [4.78, 5) is 32.9. The molecule has 1 saturated heterocycles. The van der Waals surface area contributed by atoms with Gasteiger partial charge in [-0.25, -0.2) is 4.79 Å². The van der Waals surface area contributed by atoms with Crippen molar-refractivity contribution >= 4 is 23.3 Å². The zero-order valence-electron chi connectivity index (χ0n) is 16.4. The number of imide groups is 1. The van der Waals surface area contributed by atoms with E-state index in [0.717, 1.165) is 20.9 Å². The van der Waals surface area contributed by atoms with Gasteiger partial charge in [0.2, 0.25) is 11.7 Å². The molecule has 4 aromatic rings. The molecule has 0 unspecified atom stereocenters. The largest absolute Gasteiger partial charge is 0.337 e. The third-order valence-electron chi connectivity index (χ3n) is 5.26. The van der Waals surface area contributed by atoms with Gasteiger partial charge >= 0.3 is 6.03 Å². The number of hydrogen-bond donors (Lipinski definition) is 1. The maximum absolute atomic E-state index is 13.6. The highest BCUT2D eigenvalue weighted by Gasteiger charge is 2.52. The molecule has 7 nitrogen and oxygen atoms in total. The van der Waals surface area contributed by atoms with Gasteiger partial charge in [-0.2, -0.15) is 4.98 Å². The van der Waals surface area contributed by atoms with Gasteiger partial charge in [-0.05, 0) is 22.6 Å². The highest BCUT2D eigenvalue weighted by Crippen LogP contribution is 2.34. The Hall–Kier alpha value is -3.78. The molecule has 1 atom stereocenters. The maximum atomic E-state index is 13.6. The quantitative estimate of drug-likeness (QED) is 0.467. The second-order valence-corrected chi connectivity index (χ2v) is 8.19. The number of nitrogens with one attached hydrogen (secondary N) is 1. The van der Waals surface area contributed by atoms with Crippen LogP contribution in [0.3, 0.4) is 0 Å². The van der Waals surface area contributed by atoms with E-state index >= 15 is 0 Å². The fourth-order valence-electron chi connectivity index (χ4n) is 3.77. The predicted molar refractivity (Wildman–Crippen MR) is 115 cm³/mol. The lowest BCUT2D eigenvalue weighted by atomic mass is 9.83. The van der Waals surface area contributed by atoms with E-state index in [-0.39, 0.29) is 18.3 Å². The lowest BCUT2D eigenvalue weighted by Gasteiger charge is -2.27. The molecule has 1 aliphatic rings. The zero-order valence-corrected chi connectivity index (χ0v) is 17.2. The summed E-state index contributed by atoms with van der Waals surface area (Å²) in [5.74, 6) is 0.301. The van der Waals surface area contributed by atoms with Crippen molar-refractivity contribution in [2.75, 3.05) is 0 Å². The highest BCUT2D eigenvalue weighted by molar-refractivity contribution is 7.13. The minimum absolute atomic E-state index is 0.0909. The van der Waals surface area contributed by atoms with Gasteiger partial charge in [-0.15, -0.1) is 11.3 Å². The summed E-state index contributed by atoms with van der Waals surface area (Å²) in [7, 11) is 0. The Morgan fingerprint density at radius 3 is 2.42 bits per heavy atom. The van der Waals surface area contributed by atoms with E-state index in [1.54, 1.807) is 0 Å². The van der Waals surface area contributed by atoms with Gasteiger partial charge < -0.3 is 9.84 Å². The van der Waals surface area contributed by atoms with Crippen LogP contribution in [0, 0.1) is 0 Å². The summed E-state index contributed by atoms with van der Waals surface area (Å²) in [6.07, 6.45) is 0.337. The molecular formula is C23H18N4O3S. The molecule has 2 aromatic heterocycles. The lowest BCUT2D eigenvalue weighted by molar-refractivity contribution is -0.132. The number of aromatic nitrogens is 2. The fraction of sp³-hybridized carbons (Fsp3) is 0.130. The number of amides is 3. The Morgan fingerprint density at radius 2 is 1.71 bits per heavy atom. The summed E-state index contributed by atoms with van der Waals surface area (Å²) in [6, 6.07) is 22.2. The Labute approximate surface area is 182 Å². The first-order valence-corrected chi connectivity index (χ1v) is 10.6. The van der Waals surface area contributed by atoms with E-state index in [1.807, 2.05) is 78.2 Å². The SMILES string of the molecule is O=C1N[C@](Cc2ccccc2)(c2ccccc2)C(=O)N1Cc1nc(-c2cccs2)no1. The molecule has 0 aliphatic carbocycles. The second kappa shape index (κ2) is 7.81. The second-order valence-electron chi connectivity index (χ2n) is 7.24. The molecule has 0 radical (unpaired) electrons. The minimum atomic E-state index is -1.20. The van der Waals surface area contributed by atoms with E-state index in [2.05, 4.69) is 15.5 Å². The number of carbonyl (C=O) groups excluding carboxylic acids is 2. The molecule has 3 amide bonds. The van der Waals surface area contributed by atoms with Crippen LogP contribution in [0.25, 0.3) is 10.7 Å². The number of benzene rings is 2. The lowest BCUT2D eigenvalue weighted by Crippen LogP contribution is -2.46. The van der Waals surface area contributed by atoms with Gasteiger partial charge in [-0.3, -0.25) is 9.69 Å². The zero-order chi connectivity index (χ0) is 21.3. The van der Waals surface area contributed by atoms with Crippen LogP contribution in [0.5, 0.6) is 0 Å². The first-order chi connectivity index (χ1) is 15.2. The van der Waals surface area contributed by atoms with Crippen molar-refractivity contribution in [2.24, 2.45) is 0 Å². The number of thiophene rings is 1. The third-order valence-corrected chi connectivity index (χ3v) is 6.12. The van der Waals surface area contributed by atoms with Crippen LogP contribution in [0.15, 0.2) is 82.7 Å². The summed E-state index contributed by atoms with van der Waals surface area (Å²) < 4.78 is 5.31. The van der Waals surface area contributed by atoms with E-state index in [4.69, 9.17) is 4.52 Å². The molecule has 3 heterocycles. The molecule has 1 aliphatic heterocycles. The van der Waals surface area contributed by atoms with Crippen LogP contribution in [-0.4, -0.2) is 27.0 Å². The van der Waals surface area contributed by atoms with Crippen LogP contribution in [0.1, 0.15) is 17.0 Å². The van der Waals surface area contributed by atoms with Gasteiger partial charge in [0.15, 0.2) is 5.54 Å². The molecule has 0 spiro atoms. The average molecular weight is 430 g/mol. The van der Waals surface area contributed by atoms with Crippen LogP contribution in [0.2, 0.25) is 0 Å². The maximum Gasteiger partial charge on any atom is 0.325 e. The van der Waals surface area contributed by atoms with Gasteiger partial charge in [0, 0.05) is 6.42 Å². The average Bonchev–Trinajstić information content (AvgIpc) is 3.53. The molecule has 31 heavy (non-hydrogen) atoms. The topological polar surface area (TPSA) is 88.3 Å². The molecule has 0 saturated carbocycles. The van der Waals surface area contributed by atoms with Crippen LogP contribution < -0.4 is 5.32 Å². The summed E-state index contributed by atoms with van der Waals surface area (Å²) in [6.45, 7) is -0.0909. The van der Waals surface area contributed by atoms with Crippen molar-refractivity contribution in [3.05, 3.63) is 95.2 Å². The van der Waals surface area contributed by atoms with E-state index in [0.29, 0.717) is 12.2 Å². The summed E-state index contributed by atoms with van der Waals surface area (Å²) in [5.41, 5.74) is 0.472. The smallest absolute Gasteiger partial charge is 0.325 e. The molecule has 0 bridgehead atoms. The van der Waals surface area contributed by atoms with Crippen molar-refractivity contribution < 1.29 is 14.1 Å². The Kier molecular flexibility index (Phi) is 4.83. The van der Waals surface area contributed by atoms with Crippen molar-refractivity contribution in [2.45, 2.75) is 18.5 Å². The van der Waals surface area contributed by atoms with Crippen LogP contribution in [0.4, 0.5) is 4.79 Å². The highest BCUT2D eigenvalue weighted by atomic mass is 32.1. The molecular weight excluding hydrogens is 412 g/mol. The van der Waals surface area contributed by atoms with E-state index in [1.165, 1.54) is 11.3 Å². The Bertz CT molecular complexity index is 1210. The minimum Gasteiger partial charge on any atom is -0.337 e. The fourth-order valence-corrected chi connectivity index (χ4v) is 4.42. The molecule has 5 rings (SSSR count). The van der Waals surface area contributed by atoms with Crippen molar-refractivity contribution in [3.63, 3.8) is 0 Å². The number of urea groups is 1. The molecule has 1 N–H and O–H groups in total. The first-order valence-electron chi connectivity index (χ1n) is 9.76. The number of nitrogens with zero attached hydrogens (tertiary/aromatic N) is 3. The van der Waals surface area contributed by atoms with Crippen molar-refractivity contribution in [1.29, 1.82) is 0 Å². The molecule has 2 aromatic carbocycles. The third kappa shape index (κ3) is 3.51. The monoisotopic (exact) mass is 430 g/mol. The normalized spacial score (nSPS) is 18.4. The van der Waals surface area contributed by atoms with Crippen molar-refractivity contribution in [3.8, 4) is 10.7 Å². The summed E-state index contributed by atoms with van der Waals surface area (Å²) >= 11 is 1.49. The standard InChI is InChI=1S/C23H18N4O3S/c28-21-23(17-10-5-2-6-11-17,14-16-8-3-1-4-9-16)25-22(29)27(21)15-19-24-20(26-30-19)18-12-7-13-31-18/h1-13H,14-15H2,(H,25,29)/t23-/m1/s1. The van der Waals surface area contributed by atoms with Crippen LogP contribution >= 0.6 is 11.3 Å². The summed E-state index contributed by atoms with van der Waals surface area (Å²) in [5, 5.41) is 8.82. The van der Waals surface area contributed by atoms with E-state index in [9.17, 15) is 9.59 Å². The number of carbonyl (C=O) groups is 2.